The predicted octanol–water partition coefficient (Wildman–Crippen LogP) is 0.868. The molecule has 15 heavy (non-hydrogen) atoms. The molecule has 0 aromatic heterocycles. The first-order valence-electron chi connectivity index (χ1n) is 3.87. The van der Waals surface area contributed by atoms with Gasteiger partial charge in [-0.3, -0.25) is 9.59 Å². The maximum absolute atomic E-state index is 10.3. The van der Waals surface area contributed by atoms with Gasteiger partial charge in [0.15, 0.2) is 0 Å². The molecule has 0 fully saturated rings. The van der Waals surface area contributed by atoms with E-state index >= 15 is 0 Å². The van der Waals surface area contributed by atoms with E-state index in [4.69, 9.17) is 8.85 Å². The Hall–Kier alpha value is -1.76. The van der Waals surface area contributed by atoms with E-state index < -0.39 is 9.05 Å². The molecule has 0 bridgehead atoms. The van der Waals surface area contributed by atoms with Crippen LogP contribution in [-0.2, 0) is 27.3 Å². The van der Waals surface area contributed by atoms with E-state index in [1.807, 2.05) is 0 Å². The van der Waals surface area contributed by atoms with Gasteiger partial charge in [0.1, 0.15) is 0 Å². The number of rotatable bonds is 8. The Kier molecular flexibility index (Phi) is 5.17. The Morgan fingerprint density at radius 3 is 1.53 bits per heavy atom. The molecule has 0 saturated carbocycles. The largest absolute Gasteiger partial charge is 0.969 e. The molecule has 0 amide bonds. The second-order valence-corrected chi connectivity index (χ2v) is 4.42. The summed E-state index contributed by atoms with van der Waals surface area (Å²) in [6.45, 7) is 9.97. The van der Waals surface area contributed by atoms with Crippen LogP contribution in [0.25, 0.3) is 0 Å². The van der Waals surface area contributed by atoms with Crippen LogP contribution in [-0.4, -0.2) is 22.0 Å². The minimum atomic E-state index is -3.86. The van der Waals surface area contributed by atoms with Crippen LogP contribution in [0.4, 0.5) is 0 Å². The fourth-order valence-electron chi connectivity index (χ4n) is 0.689. The molecule has 0 heterocycles. The first kappa shape index (κ1) is 13.2. The molecule has 84 valence electrons. The average molecular weight is 232 g/mol. The first-order valence-corrected chi connectivity index (χ1v) is 5.51. The Morgan fingerprint density at radius 1 is 1.00 bits per heavy atom. The third kappa shape index (κ3) is 4.86. The van der Waals surface area contributed by atoms with Gasteiger partial charge in [0.05, 0.1) is 11.5 Å². The lowest BCUT2D eigenvalue weighted by Gasteiger charge is -2.23. The van der Waals surface area contributed by atoms with Crippen molar-refractivity contribution in [1.29, 1.82) is 0 Å². The summed E-state index contributed by atoms with van der Waals surface area (Å²) in [7, 11) is -3.86. The van der Waals surface area contributed by atoms with Gasteiger partial charge in [0.2, 0.25) is 0 Å². The van der Waals surface area contributed by atoms with Crippen LogP contribution in [0.5, 0.6) is 0 Å². The summed E-state index contributed by atoms with van der Waals surface area (Å²) in [4.78, 5) is 20.5. The van der Waals surface area contributed by atoms with Gasteiger partial charge in [-0.1, -0.05) is 13.2 Å². The highest BCUT2D eigenvalue weighted by Gasteiger charge is 2.57. The van der Waals surface area contributed by atoms with Crippen molar-refractivity contribution in [1.82, 2.24) is 0 Å². The molecule has 0 N–H and O–H groups in total. The third-order valence-electron chi connectivity index (χ3n) is 0.983. The van der Waals surface area contributed by atoms with Crippen LogP contribution in [0.2, 0.25) is 0 Å². The highest BCUT2D eigenvalue weighted by Crippen LogP contribution is 2.16. The number of carbonyl (C=O) groups excluding carboxylic acids is 2. The Bertz CT molecular complexity index is 246. The lowest BCUT2D eigenvalue weighted by molar-refractivity contribution is -0.135. The summed E-state index contributed by atoms with van der Waals surface area (Å²) >= 11 is 0. The number of allylic oxidation sites excluding steroid dienone is 2. The van der Waals surface area contributed by atoms with Gasteiger partial charge in [-0.15, -0.1) is 0 Å². The maximum Gasteiger partial charge on any atom is 0.969 e. The second-order valence-electron chi connectivity index (χ2n) is 2.54. The van der Waals surface area contributed by atoms with Crippen LogP contribution in [0.3, 0.4) is 0 Å². The Labute approximate surface area is 88.6 Å². The standard InChI is InChI=1S/C8H12O6Si/c1-7(2)13-15(11-5-9,12-6-10)14-8(3)4/h5-6H,1,3H2,2,4H3. The van der Waals surface area contributed by atoms with Crippen LogP contribution in [0, 0.1) is 0 Å². The van der Waals surface area contributed by atoms with Crippen molar-refractivity contribution in [2.45, 2.75) is 13.8 Å². The van der Waals surface area contributed by atoms with Crippen molar-refractivity contribution in [2.75, 3.05) is 0 Å². The molecule has 0 aromatic carbocycles. The van der Waals surface area contributed by atoms with Gasteiger partial charge in [0.25, 0.3) is 12.9 Å². The summed E-state index contributed by atoms with van der Waals surface area (Å²) in [5.41, 5.74) is 0. The quantitative estimate of drug-likeness (QED) is 0.351. The van der Waals surface area contributed by atoms with Gasteiger partial charge >= 0.3 is 9.05 Å². The van der Waals surface area contributed by atoms with Crippen molar-refractivity contribution in [3.8, 4) is 0 Å². The van der Waals surface area contributed by atoms with Crippen LogP contribution in [0.1, 0.15) is 13.8 Å². The van der Waals surface area contributed by atoms with Gasteiger partial charge < -0.3 is 17.7 Å². The fraction of sp³-hybridized carbons (Fsp3) is 0.250. The Balaban J connectivity index is 4.84. The molecule has 0 radical (unpaired) electrons. The predicted molar refractivity (Wildman–Crippen MR) is 51.9 cm³/mol. The lowest BCUT2D eigenvalue weighted by Crippen LogP contribution is -2.47. The van der Waals surface area contributed by atoms with Crippen molar-refractivity contribution in [2.24, 2.45) is 0 Å². The normalized spacial score (nSPS) is 9.73. The lowest BCUT2D eigenvalue weighted by atomic mass is 10.7. The molecule has 0 aliphatic carbocycles. The maximum atomic E-state index is 10.3. The molecule has 0 rings (SSSR count). The van der Waals surface area contributed by atoms with E-state index in [0.29, 0.717) is 0 Å². The zero-order chi connectivity index (χ0) is 11.9. The second kappa shape index (κ2) is 5.86. The summed E-state index contributed by atoms with van der Waals surface area (Å²) < 4.78 is 19.0. The minimum absolute atomic E-state index is 0.0710. The first-order chi connectivity index (χ1) is 6.95. The minimum Gasteiger partial charge on any atom is -0.457 e. The molecular weight excluding hydrogens is 220 g/mol. The van der Waals surface area contributed by atoms with E-state index in [9.17, 15) is 9.59 Å². The van der Waals surface area contributed by atoms with Crippen LogP contribution in [0.15, 0.2) is 24.7 Å². The molecule has 6 nitrogen and oxygen atoms in total. The highest BCUT2D eigenvalue weighted by atomic mass is 28.4. The molecule has 0 unspecified atom stereocenters. The molecule has 0 aromatic rings. The summed E-state index contributed by atoms with van der Waals surface area (Å²) in [6.07, 6.45) is 0. The van der Waals surface area contributed by atoms with Gasteiger partial charge in [0, 0.05) is 0 Å². The molecule has 0 aliphatic heterocycles. The summed E-state index contributed by atoms with van der Waals surface area (Å²) in [6, 6.07) is 0. The van der Waals surface area contributed by atoms with E-state index in [-0.39, 0.29) is 24.5 Å². The van der Waals surface area contributed by atoms with Crippen LogP contribution < -0.4 is 0 Å². The summed E-state index contributed by atoms with van der Waals surface area (Å²) in [5, 5.41) is 0. The van der Waals surface area contributed by atoms with E-state index in [1.54, 1.807) is 0 Å². The zero-order valence-corrected chi connectivity index (χ0v) is 9.52. The third-order valence-corrected chi connectivity index (χ3v) is 2.95. The SMILES string of the molecule is C=C(C)O[Si](OC=O)(OC=O)OC(=C)C. The molecule has 0 aliphatic rings. The van der Waals surface area contributed by atoms with Crippen molar-refractivity contribution < 1.29 is 27.3 Å². The van der Waals surface area contributed by atoms with Crippen molar-refractivity contribution in [3.63, 3.8) is 0 Å². The smallest absolute Gasteiger partial charge is 0.457 e. The van der Waals surface area contributed by atoms with Gasteiger partial charge in [-0.25, -0.2) is 0 Å². The highest BCUT2D eigenvalue weighted by molar-refractivity contribution is 6.56. The van der Waals surface area contributed by atoms with Gasteiger partial charge in [-0.2, -0.15) is 0 Å². The van der Waals surface area contributed by atoms with Crippen molar-refractivity contribution >= 4 is 22.0 Å². The Morgan fingerprint density at radius 2 is 1.33 bits per heavy atom. The molecule has 0 atom stereocenters. The molecule has 7 heteroatoms. The van der Waals surface area contributed by atoms with Crippen molar-refractivity contribution in [3.05, 3.63) is 24.7 Å². The topological polar surface area (TPSA) is 71.1 Å². The molecular formula is C8H12O6Si. The summed E-state index contributed by atoms with van der Waals surface area (Å²) in [5.74, 6) is 0.373. The number of carbonyl (C=O) groups is 2. The monoisotopic (exact) mass is 232 g/mol. The van der Waals surface area contributed by atoms with Crippen LogP contribution >= 0.6 is 0 Å². The number of hydrogen-bond donors (Lipinski definition) is 0. The average Bonchev–Trinajstić information content (AvgIpc) is 2.01. The van der Waals surface area contributed by atoms with E-state index in [2.05, 4.69) is 22.0 Å². The molecule has 0 spiro atoms. The fourth-order valence-corrected chi connectivity index (χ4v) is 2.07. The zero-order valence-electron chi connectivity index (χ0n) is 8.52. The number of hydrogen-bond acceptors (Lipinski definition) is 6. The van der Waals surface area contributed by atoms with Gasteiger partial charge in [-0.05, 0) is 13.8 Å². The van der Waals surface area contributed by atoms with E-state index in [1.165, 1.54) is 13.8 Å². The van der Waals surface area contributed by atoms with E-state index in [0.717, 1.165) is 0 Å². The molecule has 0 saturated heterocycles.